The summed E-state index contributed by atoms with van der Waals surface area (Å²) in [5.74, 6) is 0. The molecule has 0 saturated carbocycles. The third-order valence-electron chi connectivity index (χ3n) is 4.27. The van der Waals surface area contributed by atoms with Crippen molar-refractivity contribution in [1.29, 1.82) is 0 Å². The van der Waals surface area contributed by atoms with Crippen LogP contribution in [0.4, 0.5) is 0 Å². The van der Waals surface area contributed by atoms with Gasteiger partial charge in [0.25, 0.3) is 0 Å². The molecule has 8 heteroatoms. The van der Waals surface area contributed by atoms with E-state index >= 15 is 0 Å². The fourth-order valence-corrected chi connectivity index (χ4v) is 9.19. The zero-order valence-electron chi connectivity index (χ0n) is 14.4. The molecule has 1 rings (SSSR count). The minimum atomic E-state index is -4.01. The Morgan fingerprint density at radius 2 is 1.09 bits per heavy atom. The van der Waals surface area contributed by atoms with Gasteiger partial charge in [0.05, 0.1) is 0 Å². The molecule has 0 aromatic carbocycles. The summed E-state index contributed by atoms with van der Waals surface area (Å²) < 4.78 is 1.41. The fraction of sp³-hybridized carbons (Fsp3) is 0.800. The Balaban J connectivity index is 0.00000484. The van der Waals surface area contributed by atoms with Crippen molar-refractivity contribution in [3.63, 3.8) is 0 Å². The van der Waals surface area contributed by atoms with Crippen molar-refractivity contribution in [3.8, 4) is 0 Å². The number of rotatable bonds is 4. The van der Waals surface area contributed by atoms with Gasteiger partial charge in [0.2, 0.25) is 0 Å². The Morgan fingerprint density at radius 1 is 0.739 bits per heavy atom. The van der Waals surface area contributed by atoms with Gasteiger partial charge in [0.15, 0.2) is 0 Å². The summed E-state index contributed by atoms with van der Waals surface area (Å²) in [6, 6.07) is 0. The summed E-state index contributed by atoms with van der Waals surface area (Å²) in [6.07, 6.45) is 2.81. The molecule has 1 aliphatic rings. The summed E-state index contributed by atoms with van der Waals surface area (Å²) in [5, 5.41) is 6.72. The van der Waals surface area contributed by atoms with Crippen LogP contribution in [0.25, 0.3) is 0 Å². The van der Waals surface area contributed by atoms with Crippen molar-refractivity contribution in [2.24, 2.45) is 0 Å². The van der Waals surface area contributed by atoms with Crippen molar-refractivity contribution in [2.75, 3.05) is 39.3 Å². The van der Waals surface area contributed by atoms with Crippen LogP contribution >= 0.6 is 12.4 Å². The quantitative estimate of drug-likeness (QED) is 0.699. The molecule has 1 aliphatic heterocycles. The smallest absolute Gasteiger partial charge is 0.147 e. The summed E-state index contributed by atoms with van der Waals surface area (Å²) in [7, 11) is 0. The molecule has 1 heterocycles. The van der Waals surface area contributed by atoms with Crippen LogP contribution < -0.4 is 10.6 Å². The number of nitrogens with one attached hydrogen (secondary N) is 2. The van der Waals surface area contributed by atoms with Crippen LogP contribution in [0.3, 0.4) is 0 Å². The first-order valence-electron chi connectivity index (χ1n) is 8.13. The number of halogens is 1. The number of nitrogens with zero attached hydrogens (tertiary/aromatic N) is 1. The maximum atomic E-state index is 12.3. The van der Waals surface area contributed by atoms with E-state index in [1.54, 1.807) is 0 Å². The minimum absolute atomic E-state index is 0. The van der Waals surface area contributed by atoms with E-state index < -0.39 is 16.8 Å². The minimum Gasteiger partial charge on any atom is -0.147 e. The van der Waals surface area contributed by atoms with Crippen molar-refractivity contribution in [1.82, 2.24) is 14.0 Å². The van der Waals surface area contributed by atoms with Crippen molar-refractivity contribution in [3.05, 3.63) is 0 Å². The molecular formula is C15H30ClN3O3Ti. The Morgan fingerprint density at radius 3 is 1.43 bits per heavy atom. The molecule has 0 aromatic rings. The predicted molar refractivity (Wildman–Crippen MR) is 90.5 cm³/mol. The molecule has 1 fully saturated rings. The van der Waals surface area contributed by atoms with E-state index in [-0.39, 0.29) is 24.7 Å². The largest absolute Gasteiger partial charge is 0.147 e. The molecular weight excluding hydrogens is 354 g/mol. The third-order valence-corrected chi connectivity index (χ3v) is 11.2. The second kappa shape index (κ2) is 11.4. The Labute approximate surface area is 149 Å². The Bertz CT molecular complexity index is 373. The summed E-state index contributed by atoms with van der Waals surface area (Å²) in [6.45, 7) is 9.19. The van der Waals surface area contributed by atoms with E-state index in [1.807, 2.05) is 3.38 Å². The normalized spacial score (nSPS) is 18.9. The molecule has 0 radical (unpaired) electrons. The van der Waals surface area contributed by atoms with Crippen LogP contribution in [-0.2, 0) is 31.2 Å². The van der Waals surface area contributed by atoms with Crippen LogP contribution in [-0.4, -0.2) is 54.9 Å². The van der Waals surface area contributed by atoms with Gasteiger partial charge in [-0.15, -0.1) is 12.4 Å². The number of carbonyl (C=O) groups is 3. The van der Waals surface area contributed by atoms with Gasteiger partial charge in [-0.2, -0.15) is 0 Å². The molecule has 0 aliphatic carbocycles. The molecule has 134 valence electrons. The van der Waals surface area contributed by atoms with E-state index in [1.165, 1.54) is 20.8 Å². The first kappa shape index (κ1) is 22.9. The van der Waals surface area contributed by atoms with E-state index in [0.717, 1.165) is 45.4 Å². The van der Waals surface area contributed by atoms with E-state index in [0.29, 0.717) is 13.1 Å². The standard InChI is InChI=1S/C9H20N3.3C2H3O.ClH.Ti/c1-4-10-6-2-8-12-9-3-7-11-5-1;3*1-2-3;;/h10-11H,1-9H2;3*1H3;1H;/q-1;;;;;+1. The Hall–Kier alpha value is -0.106. The first-order valence-corrected chi connectivity index (χ1v) is 11.2. The maximum absolute atomic E-state index is 12.3. The summed E-state index contributed by atoms with van der Waals surface area (Å²) >= 11 is -4.01. The van der Waals surface area contributed by atoms with Crippen LogP contribution in [0.1, 0.15) is 40.0 Å². The van der Waals surface area contributed by atoms with Gasteiger partial charge in [-0.25, -0.2) is 0 Å². The SMILES string of the molecule is C[C](=O)[Ti]([C](C)=O)([C](C)=O)[N]1CCCNCCCNCCC1.Cl. The van der Waals surface area contributed by atoms with Gasteiger partial charge in [-0.05, 0) is 0 Å². The van der Waals surface area contributed by atoms with Crippen LogP contribution in [0.15, 0.2) is 0 Å². The predicted octanol–water partition coefficient (Wildman–Crippen LogP) is 0.782. The number of hydrogen-bond acceptors (Lipinski definition) is 6. The molecule has 0 aromatic heterocycles. The van der Waals surface area contributed by atoms with Crippen LogP contribution in [0.5, 0.6) is 0 Å². The van der Waals surface area contributed by atoms with Crippen LogP contribution in [0, 0.1) is 0 Å². The molecule has 1 saturated heterocycles. The molecule has 6 nitrogen and oxygen atoms in total. The molecule has 0 bridgehead atoms. The maximum Gasteiger partial charge on any atom is -0.147 e. The first-order chi connectivity index (χ1) is 10.4. The van der Waals surface area contributed by atoms with Crippen molar-refractivity contribution >= 4 is 24.7 Å². The molecule has 0 atom stereocenters. The fourth-order valence-electron chi connectivity index (χ4n) is 3.24. The van der Waals surface area contributed by atoms with Gasteiger partial charge >= 0.3 is 137 Å². The average molecular weight is 384 g/mol. The topological polar surface area (TPSA) is 78.5 Å². The number of carbonyl (C=O) groups excluding carboxylic acids is 3. The molecule has 0 amide bonds. The van der Waals surface area contributed by atoms with E-state index in [2.05, 4.69) is 10.6 Å². The van der Waals surface area contributed by atoms with E-state index in [4.69, 9.17) is 0 Å². The molecule has 2 N–H and O–H groups in total. The van der Waals surface area contributed by atoms with Gasteiger partial charge in [0, 0.05) is 0 Å². The Kier molecular flexibility index (Phi) is 11.4. The van der Waals surface area contributed by atoms with Gasteiger partial charge in [-0.3, -0.25) is 0 Å². The van der Waals surface area contributed by atoms with Gasteiger partial charge < -0.3 is 0 Å². The monoisotopic (exact) mass is 383 g/mol. The molecule has 0 unspecified atom stereocenters. The molecule has 0 spiro atoms. The number of hydrogen-bond donors (Lipinski definition) is 2. The van der Waals surface area contributed by atoms with Crippen molar-refractivity contribution in [2.45, 2.75) is 40.0 Å². The zero-order chi connectivity index (χ0) is 16.6. The van der Waals surface area contributed by atoms with Gasteiger partial charge in [0.1, 0.15) is 0 Å². The third kappa shape index (κ3) is 6.03. The van der Waals surface area contributed by atoms with Gasteiger partial charge in [-0.1, -0.05) is 0 Å². The second-order valence-corrected chi connectivity index (χ2v) is 12.4. The zero-order valence-corrected chi connectivity index (χ0v) is 16.8. The van der Waals surface area contributed by atoms with E-state index in [9.17, 15) is 14.4 Å². The van der Waals surface area contributed by atoms with Crippen LogP contribution in [0.2, 0.25) is 0 Å². The second-order valence-electron chi connectivity index (χ2n) is 5.93. The average Bonchev–Trinajstić information content (AvgIpc) is 2.40. The van der Waals surface area contributed by atoms with Crippen molar-refractivity contribution < 1.29 is 31.2 Å². The summed E-state index contributed by atoms with van der Waals surface area (Å²) in [5.41, 5.74) is 0. The molecule has 23 heavy (non-hydrogen) atoms. The summed E-state index contributed by atoms with van der Waals surface area (Å²) in [4.78, 5) is 36.9.